The average molecular weight is 815 g/mol. The summed E-state index contributed by atoms with van der Waals surface area (Å²) in [5.41, 5.74) is 9.44. The zero-order chi connectivity index (χ0) is 41.6. The van der Waals surface area contributed by atoms with Gasteiger partial charge < -0.3 is 20.7 Å². The summed E-state index contributed by atoms with van der Waals surface area (Å²) in [5.74, 6) is 1.80. The van der Waals surface area contributed by atoms with Crippen LogP contribution in [0.5, 0.6) is 0 Å². The Morgan fingerprint density at radius 2 is 1.22 bits per heavy atom. The minimum atomic E-state index is -0.398. The lowest BCUT2D eigenvalue weighted by atomic mass is 9.89. The highest BCUT2D eigenvalue weighted by molar-refractivity contribution is 6.02. The smallest absolute Gasteiger partial charge is 0.314 e. The van der Waals surface area contributed by atoms with Gasteiger partial charge in [0.25, 0.3) is 0 Å². The van der Waals surface area contributed by atoms with Crippen LogP contribution in [0.4, 0.5) is 11.9 Å². The molecule has 0 bridgehead atoms. The molecule has 2 aliphatic heterocycles. The zero-order valence-electron chi connectivity index (χ0n) is 33.2. The molecule has 0 atom stereocenters. The maximum Gasteiger partial charge on any atom is 0.314 e. The second kappa shape index (κ2) is 18.0. The van der Waals surface area contributed by atoms with Crippen molar-refractivity contribution in [2.24, 2.45) is 5.73 Å². The second-order valence-electron chi connectivity index (χ2n) is 15.3. The Labute approximate surface area is 344 Å². The number of rotatable bonds is 7. The van der Waals surface area contributed by atoms with Crippen molar-refractivity contribution < 1.29 is 23.9 Å². The Morgan fingerprint density at radius 1 is 0.667 bits per heavy atom. The number of likely N-dealkylation sites (tertiary alicyclic amines) is 1. The average Bonchev–Trinajstić information content (AvgIpc) is 4.08. The SMILES string of the molecule is CN(c1nccc(-n2nnc3ccccc32)n1)C1CCC(N2C(=O)CCC2=O)CC1.NC1CCC(Nc2nccc(-n3nnc4ccccc43)n2)CC1.O=C1CCC(=O)O1. The van der Waals surface area contributed by atoms with E-state index in [2.05, 4.69) is 50.5 Å². The molecule has 2 saturated heterocycles. The number of nitrogens with zero attached hydrogens (tertiary/aromatic N) is 12. The van der Waals surface area contributed by atoms with Crippen LogP contribution in [0, 0.1) is 0 Å². The normalized spacial score (nSPS) is 21.6. The van der Waals surface area contributed by atoms with Gasteiger partial charge in [-0.1, -0.05) is 34.7 Å². The fraction of sp³-hybridized carbons (Fsp3) is 0.415. The van der Waals surface area contributed by atoms with E-state index in [1.165, 1.54) is 4.90 Å². The van der Waals surface area contributed by atoms with Crippen molar-refractivity contribution in [3.05, 3.63) is 73.1 Å². The fourth-order valence-electron chi connectivity index (χ4n) is 7.99. The molecule has 0 unspecified atom stereocenters. The van der Waals surface area contributed by atoms with Crippen LogP contribution in [0.1, 0.15) is 77.0 Å². The Balaban J connectivity index is 0.000000147. The molecule has 60 heavy (non-hydrogen) atoms. The molecule has 2 aliphatic carbocycles. The number of esters is 2. The highest BCUT2D eigenvalue weighted by Gasteiger charge is 2.37. The van der Waals surface area contributed by atoms with Crippen molar-refractivity contribution >= 4 is 57.7 Å². The van der Waals surface area contributed by atoms with E-state index in [1.54, 1.807) is 21.8 Å². The van der Waals surface area contributed by atoms with Crippen LogP contribution in [0.25, 0.3) is 33.7 Å². The summed E-state index contributed by atoms with van der Waals surface area (Å²) >= 11 is 0. The number of amides is 2. The van der Waals surface area contributed by atoms with Crippen LogP contribution in [0.15, 0.2) is 73.1 Å². The molecular weight excluding hydrogens is 769 g/mol. The largest absolute Gasteiger partial charge is 0.393 e. The quantitative estimate of drug-likeness (QED) is 0.132. The molecule has 310 valence electrons. The number of anilines is 2. The minimum Gasteiger partial charge on any atom is -0.393 e. The van der Waals surface area contributed by atoms with Crippen molar-refractivity contribution in [1.29, 1.82) is 0 Å². The topological polar surface area (TPSA) is 235 Å². The van der Waals surface area contributed by atoms with Gasteiger partial charge in [0, 0.05) is 68.6 Å². The summed E-state index contributed by atoms with van der Waals surface area (Å²) in [6.45, 7) is 0. The van der Waals surface area contributed by atoms with E-state index >= 15 is 0 Å². The zero-order valence-corrected chi connectivity index (χ0v) is 33.2. The van der Waals surface area contributed by atoms with Crippen LogP contribution in [0.2, 0.25) is 0 Å². The van der Waals surface area contributed by atoms with Gasteiger partial charge >= 0.3 is 11.9 Å². The number of aromatic nitrogens is 10. The van der Waals surface area contributed by atoms with E-state index in [0.717, 1.165) is 73.4 Å². The van der Waals surface area contributed by atoms with Gasteiger partial charge in [0.1, 0.15) is 11.0 Å². The predicted octanol–water partition coefficient (Wildman–Crippen LogP) is 3.85. The summed E-state index contributed by atoms with van der Waals surface area (Å²) < 4.78 is 7.54. The molecule has 6 heterocycles. The lowest BCUT2D eigenvalue weighted by Crippen LogP contribution is -2.45. The number of fused-ring (bicyclic) bond motifs is 2. The third kappa shape index (κ3) is 9.10. The molecule has 2 saturated carbocycles. The molecule has 19 heteroatoms. The molecule has 4 aromatic heterocycles. The Hall–Kier alpha value is -6.76. The van der Waals surface area contributed by atoms with E-state index < -0.39 is 11.9 Å². The van der Waals surface area contributed by atoms with Gasteiger partial charge in [0.05, 0.1) is 23.9 Å². The number of benzene rings is 2. The first-order valence-electron chi connectivity index (χ1n) is 20.3. The van der Waals surface area contributed by atoms with E-state index in [0.29, 0.717) is 48.5 Å². The molecule has 4 fully saturated rings. The lowest BCUT2D eigenvalue weighted by Gasteiger charge is -2.37. The summed E-state index contributed by atoms with van der Waals surface area (Å²) in [6.07, 6.45) is 12.3. The number of ether oxygens (including phenoxy) is 1. The number of nitrogens with two attached hydrogens (primary N) is 1. The van der Waals surface area contributed by atoms with Gasteiger partial charge in [-0.3, -0.25) is 24.1 Å². The van der Waals surface area contributed by atoms with Crippen molar-refractivity contribution in [2.45, 2.75) is 101 Å². The molecule has 10 rings (SSSR count). The molecule has 0 spiro atoms. The standard InChI is InChI=1S/C21H23N7O2.C16H19N7.C4H4O3/c1-26(14-6-8-15(9-7-14)27-19(29)10-11-20(27)30)21-22-13-12-18(23-21)28-17-5-3-2-4-16(17)24-25-28;17-11-5-7-12(8-6-11)19-16-18-10-9-15(20-16)23-14-4-2-1-3-13(14)21-22-23;5-3-1-2-4(6)7-3/h2-5,12-15H,6-11H2,1H3;1-4,9-12H,5-8,17H2,(H,18,19,20);1-2H2. The minimum absolute atomic E-state index is 0.0205. The van der Waals surface area contributed by atoms with Crippen LogP contribution >= 0.6 is 0 Å². The van der Waals surface area contributed by atoms with Gasteiger partial charge in [-0.15, -0.1) is 10.2 Å². The van der Waals surface area contributed by atoms with Gasteiger partial charge in [-0.25, -0.2) is 9.97 Å². The van der Waals surface area contributed by atoms with Crippen LogP contribution < -0.4 is 16.0 Å². The number of hydrogen-bond donors (Lipinski definition) is 2. The third-order valence-electron chi connectivity index (χ3n) is 11.3. The van der Waals surface area contributed by atoms with Gasteiger partial charge in [0.15, 0.2) is 11.6 Å². The van der Waals surface area contributed by atoms with E-state index in [-0.39, 0.29) is 36.7 Å². The number of para-hydroxylation sites is 2. The summed E-state index contributed by atoms with van der Waals surface area (Å²) in [7, 11) is 2.00. The van der Waals surface area contributed by atoms with Crippen molar-refractivity contribution in [3.63, 3.8) is 0 Å². The summed E-state index contributed by atoms with van der Waals surface area (Å²) in [4.78, 5) is 65.8. The fourth-order valence-corrected chi connectivity index (χ4v) is 7.99. The van der Waals surface area contributed by atoms with E-state index in [4.69, 9.17) is 10.7 Å². The third-order valence-corrected chi connectivity index (χ3v) is 11.3. The first-order chi connectivity index (χ1) is 29.2. The molecule has 4 aliphatic rings. The summed E-state index contributed by atoms with van der Waals surface area (Å²) in [5, 5.41) is 20.2. The van der Waals surface area contributed by atoms with Crippen LogP contribution in [-0.2, 0) is 23.9 Å². The molecule has 3 N–H and O–H groups in total. The van der Waals surface area contributed by atoms with Gasteiger partial charge in [0.2, 0.25) is 23.7 Å². The highest BCUT2D eigenvalue weighted by Crippen LogP contribution is 2.31. The van der Waals surface area contributed by atoms with E-state index in [9.17, 15) is 19.2 Å². The lowest BCUT2D eigenvalue weighted by molar-refractivity contribution is -0.152. The Bertz CT molecular complexity index is 2460. The van der Waals surface area contributed by atoms with Gasteiger partial charge in [-0.2, -0.15) is 19.3 Å². The van der Waals surface area contributed by atoms with Crippen molar-refractivity contribution in [3.8, 4) is 11.6 Å². The second-order valence-corrected chi connectivity index (χ2v) is 15.3. The molecular formula is C41H46N14O5. The summed E-state index contributed by atoms with van der Waals surface area (Å²) in [6, 6.07) is 20.3. The number of hydrogen-bond acceptors (Lipinski definition) is 16. The van der Waals surface area contributed by atoms with Gasteiger partial charge in [-0.05, 0) is 75.6 Å². The number of carbonyl (C=O) groups excluding carboxylic acids is 4. The number of nitrogens with one attached hydrogen (secondary N) is 1. The maximum absolute atomic E-state index is 12.0. The first-order valence-corrected chi connectivity index (χ1v) is 20.3. The van der Waals surface area contributed by atoms with Crippen LogP contribution in [0.3, 0.4) is 0 Å². The highest BCUT2D eigenvalue weighted by atomic mass is 16.6. The number of cyclic esters (lactones) is 2. The maximum atomic E-state index is 12.0. The molecule has 0 radical (unpaired) electrons. The number of imide groups is 1. The molecule has 6 aromatic rings. The number of carbonyl (C=O) groups is 4. The van der Waals surface area contributed by atoms with E-state index in [1.807, 2.05) is 67.7 Å². The van der Waals surface area contributed by atoms with Crippen molar-refractivity contribution in [2.75, 3.05) is 17.3 Å². The monoisotopic (exact) mass is 814 g/mol. The Kier molecular flexibility index (Phi) is 12.0. The predicted molar refractivity (Wildman–Crippen MR) is 219 cm³/mol. The van der Waals surface area contributed by atoms with Crippen LogP contribution in [-0.4, -0.2) is 110 Å². The Morgan fingerprint density at radius 3 is 1.78 bits per heavy atom. The van der Waals surface area contributed by atoms with Crippen molar-refractivity contribution in [1.82, 2.24) is 54.8 Å². The molecule has 19 nitrogen and oxygen atoms in total. The molecule has 2 amide bonds. The molecule has 2 aromatic carbocycles. The first kappa shape index (κ1) is 40.0.